The van der Waals surface area contributed by atoms with Crippen LogP contribution in [-0.2, 0) is 4.79 Å². The van der Waals surface area contributed by atoms with Crippen molar-refractivity contribution in [3.8, 4) is 0 Å². The Morgan fingerprint density at radius 3 is 2.61 bits per heavy atom. The Morgan fingerprint density at radius 2 is 1.89 bits per heavy atom. The molecule has 2 heterocycles. The second-order valence-electron chi connectivity index (χ2n) is 6.62. The summed E-state index contributed by atoms with van der Waals surface area (Å²) >= 11 is 1.19. The van der Waals surface area contributed by atoms with Crippen molar-refractivity contribution in [2.75, 3.05) is 10.6 Å². The predicted molar refractivity (Wildman–Crippen MR) is 105 cm³/mol. The highest BCUT2D eigenvalue weighted by Crippen LogP contribution is 2.45. The summed E-state index contributed by atoms with van der Waals surface area (Å²) in [5, 5.41) is 6.16. The Bertz CT molecular complexity index is 1080. The summed E-state index contributed by atoms with van der Waals surface area (Å²) in [4.78, 5) is 25.4. The Hall–Kier alpha value is -3.06. The smallest absolute Gasteiger partial charge is 0.266 e. The monoisotopic (exact) mass is 398 g/mol. The molecule has 1 aromatic heterocycles. The number of amides is 2. The third-order valence-electron chi connectivity index (χ3n) is 4.74. The molecule has 0 aliphatic carbocycles. The zero-order chi connectivity index (χ0) is 19.8. The Balaban J connectivity index is 1.70. The van der Waals surface area contributed by atoms with E-state index < -0.39 is 0 Å². The van der Waals surface area contributed by atoms with Gasteiger partial charge in [-0.05, 0) is 60.0 Å². The molecule has 3 aromatic rings. The number of nitrogens with one attached hydrogen (secondary N) is 2. The quantitative estimate of drug-likeness (QED) is 0.648. The van der Waals surface area contributed by atoms with Gasteiger partial charge in [-0.15, -0.1) is 11.3 Å². The molecule has 142 valence electrons. The van der Waals surface area contributed by atoms with Gasteiger partial charge < -0.3 is 10.6 Å². The maximum absolute atomic E-state index is 13.7. The normalized spacial score (nSPS) is 15.7. The van der Waals surface area contributed by atoms with Crippen LogP contribution in [0.3, 0.4) is 0 Å². The highest BCUT2D eigenvalue weighted by molar-refractivity contribution is 7.18. The number of carbonyl (C=O) groups excluding carboxylic acids is 2. The standard InChI is InChI=1S/C21H16F2N2O2S/c1-11-18-16(12-3-2-4-14(23)9-12)10-17(26)25-21(18)28-19(11)20(27)24-15-7-5-13(22)6-8-15/h2-9,16H,10H2,1H3,(H,24,27)(H,25,26). The molecule has 1 unspecified atom stereocenters. The first-order valence-electron chi connectivity index (χ1n) is 8.68. The minimum atomic E-state index is -0.388. The number of benzene rings is 2. The van der Waals surface area contributed by atoms with Gasteiger partial charge in [0, 0.05) is 18.0 Å². The molecule has 7 heteroatoms. The van der Waals surface area contributed by atoms with Crippen molar-refractivity contribution in [1.82, 2.24) is 0 Å². The molecule has 0 spiro atoms. The molecule has 4 nitrogen and oxygen atoms in total. The van der Waals surface area contributed by atoms with E-state index in [1.807, 2.05) is 6.92 Å². The van der Waals surface area contributed by atoms with Gasteiger partial charge >= 0.3 is 0 Å². The van der Waals surface area contributed by atoms with E-state index in [1.54, 1.807) is 12.1 Å². The first-order valence-corrected chi connectivity index (χ1v) is 9.49. The summed E-state index contributed by atoms with van der Waals surface area (Å²) in [5.74, 6) is -1.58. The van der Waals surface area contributed by atoms with Crippen molar-refractivity contribution in [1.29, 1.82) is 0 Å². The van der Waals surface area contributed by atoms with Gasteiger partial charge in [0.1, 0.15) is 11.6 Å². The van der Waals surface area contributed by atoms with Crippen LogP contribution in [0.2, 0.25) is 0 Å². The van der Waals surface area contributed by atoms with E-state index in [1.165, 1.54) is 47.7 Å². The number of hydrogen-bond donors (Lipinski definition) is 2. The lowest BCUT2D eigenvalue weighted by Gasteiger charge is -2.24. The van der Waals surface area contributed by atoms with Crippen LogP contribution in [0.15, 0.2) is 48.5 Å². The van der Waals surface area contributed by atoms with Gasteiger partial charge in [0.25, 0.3) is 5.91 Å². The van der Waals surface area contributed by atoms with E-state index in [0.717, 1.165) is 11.1 Å². The number of rotatable bonds is 3. The van der Waals surface area contributed by atoms with Crippen LogP contribution in [0.1, 0.15) is 38.7 Å². The molecule has 0 radical (unpaired) electrons. The van der Waals surface area contributed by atoms with Crippen LogP contribution < -0.4 is 10.6 Å². The van der Waals surface area contributed by atoms with Gasteiger partial charge in [-0.3, -0.25) is 9.59 Å². The molecule has 1 atom stereocenters. The summed E-state index contributed by atoms with van der Waals surface area (Å²) in [7, 11) is 0. The van der Waals surface area contributed by atoms with Crippen molar-refractivity contribution in [2.24, 2.45) is 0 Å². The molecular formula is C21H16F2N2O2S. The average molecular weight is 398 g/mol. The maximum atomic E-state index is 13.7. The van der Waals surface area contributed by atoms with E-state index >= 15 is 0 Å². The summed E-state index contributed by atoms with van der Waals surface area (Å²) < 4.78 is 26.8. The van der Waals surface area contributed by atoms with E-state index in [2.05, 4.69) is 10.6 Å². The number of hydrogen-bond acceptors (Lipinski definition) is 3. The Kier molecular flexibility index (Phi) is 4.68. The third kappa shape index (κ3) is 3.41. The fourth-order valence-electron chi connectivity index (χ4n) is 3.45. The molecule has 0 saturated carbocycles. The van der Waals surface area contributed by atoms with E-state index in [4.69, 9.17) is 0 Å². The van der Waals surface area contributed by atoms with Crippen LogP contribution >= 0.6 is 11.3 Å². The van der Waals surface area contributed by atoms with E-state index in [9.17, 15) is 18.4 Å². The van der Waals surface area contributed by atoms with Crippen molar-refractivity contribution < 1.29 is 18.4 Å². The fourth-order valence-corrected chi connectivity index (χ4v) is 4.63. The molecule has 1 aliphatic rings. The Morgan fingerprint density at radius 1 is 1.14 bits per heavy atom. The first kappa shape index (κ1) is 18.3. The van der Waals surface area contributed by atoms with Crippen LogP contribution in [0, 0.1) is 18.6 Å². The Labute approximate surface area is 164 Å². The predicted octanol–water partition coefficient (Wildman–Crippen LogP) is 5.06. The van der Waals surface area contributed by atoms with E-state index in [0.29, 0.717) is 21.1 Å². The van der Waals surface area contributed by atoms with Gasteiger partial charge in [0.15, 0.2) is 0 Å². The molecule has 4 rings (SSSR count). The zero-order valence-corrected chi connectivity index (χ0v) is 15.7. The molecular weight excluding hydrogens is 382 g/mol. The van der Waals surface area contributed by atoms with Crippen LogP contribution in [0.25, 0.3) is 0 Å². The molecule has 2 amide bonds. The molecule has 2 aromatic carbocycles. The van der Waals surface area contributed by atoms with Gasteiger partial charge in [0.2, 0.25) is 5.91 Å². The number of carbonyl (C=O) groups is 2. The lowest BCUT2D eigenvalue weighted by molar-refractivity contribution is -0.116. The highest BCUT2D eigenvalue weighted by Gasteiger charge is 2.33. The SMILES string of the molecule is Cc1c(C(=O)Nc2ccc(F)cc2)sc2c1C(c1cccc(F)c1)CC(=O)N2. The van der Waals surface area contributed by atoms with Gasteiger partial charge in [-0.2, -0.15) is 0 Å². The topological polar surface area (TPSA) is 58.2 Å². The molecule has 0 saturated heterocycles. The number of thiophene rings is 1. The second-order valence-corrected chi connectivity index (χ2v) is 7.64. The largest absolute Gasteiger partial charge is 0.321 e. The number of anilines is 2. The first-order chi connectivity index (χ1) is 13.4. The lowest BCUT2D eigenvalue weighted by Crippen LogP contribution is -2.22. The highest BCUT2D eigenvalue weighted by atomic mass is 32.1. The van der Waals surface area contributed by atoms with Crippen LogP contribution in [-0.4, -0.2) is 11.8 Å². The van der Waals surface area contributed by atoms with Gasteiger partial charge in [0.05, 0.1) is 9.88 Å². The molecule has 2 N–H and O–H groups in total. The number of halogens is 2. The van der Waals surface area contributed by atoms with Crippen molar-refractivity contribution in [3.63, 3.8) is 0 Å². The average Bonchev–Trinajstić information content (AvgIpc) is 2.99. The molecule has 28 heavy (non-hydrogen) atoms. The summed E-state index contributed by atoms with van der Waals surface area (Å²) in [6, 6.07) is 11.7. The molecule has 0 bridgehead atoms. The number of fused-ring (bicyclic) bond motifs is 1. The van der Waals surface area contributed by atoms with Crippen LogP contribution in [0.4, 0.5) is 19.5 Å². The van der Waals surface area contributed by atoms with Gasteiger partial charge in [-0.1, -0.05) is 12.1 Å². The summed E-state index contributed by atoms with van der Waals surface area (Å²) in [5.41, 5.74) is 2.75. The minimum absolute atomic E-state index is 0.173. The zero-order valence-electron chi connectivity index (χ0n) is 14.9. The van der Waals surface area contributed by atoms with E-state index in [-0.39, 0.29) is 35.8 Å². The third-order valence-corrected chi connectivity index (χ3v) is 5.97. The summed E-state index contributed by atoms with van der Waals surface area (Å²) in [6.45, 7) is 1.82. The second kappa shape index (κ2) is 7.16. The van der Waals surface area contributed by atoms with Crippen LogP contribution in [0.5, 0.6) is 0 Å². The van der Waals surface area contributed by atoms with Crippen molar-refractivity contribution in [2.45, 2.75) is 19.3 Å². The van der Waals surface area contributed by atoms with Gasteiger partial charge in [-0.25, -0.2) is 8.78 Å². The van der Waals surface area contributed by atoms with Crippen molar-refractivity contribution in [3.05, 3.63) is 81.7 Å². The maximum Gasteiger partial charge on any atom is 0.266 e. The van der Waals surface area contributed by atoms with Crippen molar-refractivity contribution >= 4 is 33.8 Å². The molecule has 1 aliphatic heterocycles. The summed E-state index contributed by atoms with van der Waals surface area (Å²) in [6.07, 6.45) is 0.188. The minimum Gasteiger partial charge on any atom is -0.321 e. The lowest BCUT2D eigenvalue weighted by atomic mass is 9.85. The molecule has 0 fully saturated rings. The fraction of sp³-hybridized carbons (Fsp3) is 0.143.